The molecule has 15 heavy (non-hydrogen) atoms. The van der Waals surface area contributed by atoms with E-state index >= 15 is 0 Å². The summed E-state index contributed by atoms with van der Waals surface area (Å²) in [5.41, 5.74) is 10.8. The fourth-order valence-electron chi connectivity index (χ4n) is 1.22. The van der Waals surface area contributed by atoms with Crippen molar-refractivity contribution >= 4 is 5.69 Å². The Labute approximate surface area is 86.1 Å². The number of hydrogen-bond donors (Lipinski definition) is 0. The number of azide groups is 1. The minimum absolute atomic E-state index is 0.595. The van der Waals surface area contributed by atoms with Crippen LogP contribution in [0.5, 0.6) is 0 Å². The molecule has 0 radical (unpaired) electrons. The Balaban J connectivity index is 2.36. The molecule has 0 aliphatic carbocycles. The highest BCUT2D eigenvalue weighted by Crippen LogP contribution is 2.20. The maximum absolute atomic E-state index is 8.24. The highest BCUT2D eigenvalue weighted by Gasteiger charge is 1.96. The predicted molar refractivity (Wildman–Crippen MR) is 56.3 cm³/mol. The second-order valence-electron chi connectivity index (χ2n) is 2.86. The van der Waals surface area contributed by atoms with Crippen LogP contribution < -0.4 is 0 Å². The predicted octanol–water partition coefficient (Wildman–Crippen LogP) is 3.09. The van der Waals surface area contributed by atoms with E-state index in [-0.39, 0.29) is 0 Å². The molecular weight excluding hydrogens is 190 g/mol. The number of benzene rings is 1. The molecule has 0 aliphatic heterocycles. The van der Waals surface area contributed by atoms with Crippen LogP contribution in [0.4, 0.5) is 5.69 Å². The summed E-state index contributed by atoms with van der Waals surface area (Å²) in [6, 6.07) is 7.23. The van der Waals surface area contributed by atoms with Crippen LogP contribution in [0.1, 0.15) is 0 Å². The maximum Gasteiger partial charge on any atom is 0.115 e. The third-order valence-corrected chi connectivity index (χ3v) is 1.92. The van der Waals surface area contributed by atoms with Crippen LogP contribution in [-0.2, 0) is 0 Å². The molecule has 0 aliphatic rings. The van der Waals surface area contributed by atoms with Crippen molar-refractivity contribution in [1.29, 1.82) is 0 Å². The molecule has 0 atom stereocenters. The number of aromatic nitrogens is 2. The lowest BCUT2D eigenvalue weighted by molar-refractivity contribution is 1.17. The van der Waals surface area contributed by atoms with Crippen molar-refractivity contribution in [3.63, 3.8) is 0 Å². The molecule has 0 spiro atoms. The van der Waals surface area contributed by atoms with Crippen LogP contribution in [0.15, 0.2) is 48.1 Å². The number of hydrogen-bond acceptors (Lipinski definition) is 3. The van der Waals surface area contributed by atoms with Crippen molar-refractivity contribution < 1.29 is 0 Å². The Bertz CT molecular complexity index is 485. The van der Waals surface area contributed by atoms with Crippen molar-refractivity contribution in [2.45, 2.75) is 0 Å². The first-order valence-electron chi connectivity index (χ1n) is 4.31. The summed E-state index contributed by atoms with van der Waals surface area (Å²) in [7, 11) is 0. The highest BCUT2D eigenvalue weighted by atomic mass is 15.1. The van der Waals surface area contributed by atoms with Gasteiger partial charge in [0, 0.05) is 28.6 Å². The van der Waals surface area contributed by atoms with Gasteiger partial charge in [0.2, 0.25) is 0 Å². The SMILES string of the molecule is [N-]=[N+]=Nc1ccc(-c2cncnc2)cc1. The van der Waals surface area contributed by atoms with Crippen LogP contribution in [0.2, 0.25) is 0 Å². The molecule has 5 heteroatoms. The normalized spacial score (nSPS) is 9.33. The van der Waals surface area contributed by atoms with Gasteiger partial charge in [-0.2, -0.15) is 0 Å². The van der Waals surface area contributed by atoms with E-state index in [9.17, 15) is 0 Å². The molecule has 0 N–H and O–H groups in total. The van der Waals surface area contributed by atoms with Crippen LogP contribution in [0.3, 0.4) is 0 Å². The van der Waals surface area contributed by atoms with Crippen LogP contribution in [0, 0.1) is 0 Å². The summed E-state index contributed by atoms with van der Waals surface area (Å²) in [4.78, 5) is 10.6. The molecule has 2 rings (SSSR count). The second-order valence-corrected chi connectivity index (χ2v) is 2.86. The van der Waals surface area contributed by atoms with E-state index in [1.54, 1.807) is 24.5 Å². The van der Waals surface area contributed by atoms with Gasteiger partial charge < -0.3 is 0 Å². The molecule has 0 saturated heterocycles. The molecule has 0 bridgehead atoms. The average Bonchev–Trinajstić information content (AvgIpc) is 2.32. The quantitative estimate of drug-likeness (QED) is 0.421. The fourth-order valence-corrected chi connectivity index (χ4v) is 1.22. The molecule has 2 aromatic rings. The van der Waals surface area contributed by atoms with E-state index in [1.807, 2.05) is 12.1 Å². The molecule has 0 fully saturated rings. The van der Waals surface area contributed by atoms with Crippen molar-refractivity contribution in [3.8, 4) is 11.1 Å². The zero-order valence-corrected chi connectivity index (χ0v) is 7.78. The zero-order valence-electron chi connectivity index (χ0n) is 7.78. The molecule has 72 valence electrons. The minimum Gasteiger partial charge on any atom is -0.244 e. The van der Waals surface area contributed by atoms with Gasteiger partial charge in [0.15, 0.2) is 0 Å². The molecule has 1 aromatic carbocycles. The Morgan fingerprint density at radius 1 is 1.00 bits per heavy atom. The molecule has 0 saturated carbocycles. The molecule has 0 amide bonds. The summed E-state index contributed by atoms with van der Waals surface area (Å²) in [5.74, 6) is 0. The Morgan fingerprint density at radius 2 is 1.67 bits per heavy atom. The molecule has 0 unspecified atom stereocenters. The van der Waals surface area contributed by atoms with Gasteiger partial charge in [0.1, 0.15) is 6.33 Å². The summed E-state index contributed by atoms with van der Waals surface area (Å²) in [6.45, 7) is 0. The first kappa shape index (κ1) is 9.18. The monoisotopic (exact) mass is 197 g/mol. The van der Waals surface area contributed by atoms with E-state index in [4.69, 9.17) is 5.53 Å². The summed E-state index contributed by atoms with van der Waals surface area (Å²) >= 11 is 0. The standard InChI is InChI=1S/C10H7N5/c11-15-14-10-3-1-8(2-4-10)9-5-12-7-13-6-9/h1-7H. The van der Waals surface area contributed by atoms with Gasteiger partial charge in [-0.3, -0.25) is 0 Å². The third kappa shape index (κ3) is 2.10. The molecular formula is C10H7N5. The van der Waals surface area contributed by atoms with Gasteiger partial charge in [-0.1, -0.05) is 29.4 Å². The zero-order chi connectivity index (χ0) is 10.5. The molecule has 5 nitrogen and oxygen atoms in total. The van der Waals surface area contributed by atoms with E-state index in [1.165, 1.54) is 6.33 Å². The summed E-state index contributed by atoms with van der Waals surface area (Å²) in [6.07, 6.45) is 4.95. The fraction of sp³-hybridized carbons (Fsp3) is 0. The molecule has 1 aromatic heterocycles. The van der Waals surface area contributed by atoms with Gasteiger partial charge in [-0.15, -0.1) is 0 Å². The topological polar surface area (TPSA) is 74.5 Å². The first-order valence-corrected chi connectivity index (χ1v) is 4.31. The van der Waals surface area contributed by atoms with Gasteiger partial charge in [-0.25, -0.2) is 9.97 Å². The number of nitrogens with zero attached hydrogens (tertiary/aromatic N) is 5. The van der Waals surface area contributed by atoms with Crippen LogP contribution >= 0.6 is 0 Å². The third-order valence-electron chi connectivity index (χ3n) is 1.92. The Morgan fingerprint density at radius 3 is 2.27 bits per heavy atom. The average molecular weight is 197 g/mol. The van der Waals surface area contributed by atoms with Crippen molar-refractivity contribution in [2.24, 2.45) is 5.11 Å². The lowest BCUT2D eigenvalue weighted by atomic mass is 10.1. The second kappa shape index (κ2) is 4.21. The Hall–Kier alpha value is -2.39. The highest BCUT2D eigenvalue weighted by molar-refractivity contribution is 5.63. The van der Waals surface area contributed by atoms with Gasteiger partial charge in [0.25, 0.3) is 0 Å². The largest absolute Gasteiger partial charge is 0.244 e. The smallest absolute Gasteiger partial charge is 0.115 e. The van der Waals surface area contributed by atoms with Crippen molar-refractivity contribution in [3.05, 3.63) is 53.4 Å². The van der Waals surface area contributed by atoms with Gasteiger partial charge in [0.05, 0.1) is 0 Å². The van der Waals surface area contributed by atoms with E-state index in [0.29, 0.717) is 5.69 Å². The van der Waals surface area contributed by atoms with Gasteiger partial charge >= 0.3 is 0 Å². The summed E-state index contributed by atoms with van der Waals surface area (Å²) < 4.78 is 0. The van der Waals surface area contributed by atoms with Gasteiger partial charge in [-0.05, 0) is 11.1 Å². The number of rotatable bonds is 2. The lowest BCUT2D eigenvalue weighted by Crippen LogP contribution is -1.80. The van der Waals surface area contributed by atoms with E-state index in [2.05, 4.69) is 20.0 Å². The van der Waals surface area contributed by atoms with E-state index < -0.39 is 0 Å². The minimum atomic E-state index is 0.595. The van der Waals surface area contributed by atoms with E-state index in [0.717, 1.165) is 11.1 Å². The van der Waals surface area contributed by atoms with Crippen LogP contribution in [0.25, 0.3) is 21.6 Å². The van der Waals surface area contributed by atoms with Crippen molar-refractivity contribution in [1.82, 2.24) is 9.97 Å². The molecule has 1 heterocycles. The first-order chi connectivity index (χ1) is 7.40. The summed E-state index contributed by atoms with van der Waals surface area (Å²) in [5, 5.41) is 3.49. The Kier molecular flexibility index (Phi) is 2.58. The van der Waals surface area contributed by atoms with Crippen molar-refractivity contribution in [2.75, 3.05) is 0 Å². The van der Waals surface area contributed by atoms with Crippen LogP contribution in [-0.4, -0.2) is 9.97 Å². The lowest BCUT2D eigenvalue weighted by Gasteiger charge is -1.99. The maximum atomic E-state index is 8.24.